The average Bonchev–Trinajstić information content (AvgIpc) is 2.18. The second-order valence-corrected chi connectivity index (χ2v) is 5.08. The van der Waals surface area contributed by atoms with Crippen LogP contribution in [-0.4, -0.2) is 62.2 Å². The monoisotopic (exact) mass is 211 g/mol. The Labute approximate surface area is 93.8 Å². The van der Waals surface area contributed by atoms with Crippen LogP contribution in [0.4, 0.5) is 0 Å². The molecule has 1 atom stereocenters. The number of hydrogen-bond acceptors (Lipinski definition) is 3. The first-order valence-corrected chi connectivity index (χ1v) is 6.49. The molecule has 0 aliphatic carbocycles. The lowest BCUT2D eigenvalue weighted by molar-refractivity contribution is 0.151. The number of nitrogens with zero attached hydrogens (tertiary/aromatic N) is 2. The zero-order valence-corrected chi connectivity index (χ0v) is 10.0. The van der Waals surface area contributed by atoms with E-state index in [2.05, 4.69) is 22.2 Å². The van der Waals surface area contributed by atoms with Crippen LogP contribution in [0, 0.1) is 0 Å². The maximum absolute atomic E-state index is 3.47. The number of nitrogens with one attached hydrogen (secondary N) is 1. The molecule has 0 aromatic carbocycles. The molecule has 2 heterocycles. The van der Waals surface area contributed by atoms with E-state index in [1.807, 2.05) is 0 Å². The number of hydrogen-bond donors (Lipinski definition) is 1. The molecule has 0 aromatic heterocycles. The minimum absolute atomic E-state index is 0.859. The molecule has 0 radical (unpaired) electrons. The molecule has 0 amide bonds. The molecule has 1 N–H and O–H groups in total. The van der Waals surface area contributed by atoms with Crippen molar-refractivity contribution < 1.29 is 0 Å². The standard InChI is InChI=1S/C12H25N3/c1-14-8-10-15(11-9-14)7-3-2-4-12-5-6-13-12/h12-13H,2-11H2,1H3. The van der Waals surface area contributed by atoms with Crippen LogP contribution in [0.1, 0.15) is 25.7 Å². The van der Waals surface area contributed by atoms with E-state index >= 15 is 0 Å². The fourth-order valence-electron chi connectivity index (χ4n) is 2.39. The molecule has 1 unspecified atom stereocenters. The summed E-state index contributed by atoms with van der Waals surface area (Å²) in [4.78, 5) is 5.04. The molecule has 0 spiro atoms. The van der Waals surface area contributed by atoms with Crippen molar-refractivity contribution in [3.8, 4) is 0 Å². The molecule has 2 aliphatic rings. The van der Waals surface area contributed by atoms with Crippen LogP contribution in [-0.2, 0) is 0 Å². The van der Waals surface area contributed by atoms with Crippen LogP contribution in [0.3, 0.4) is 0 Å². The van der Waals surface area contributed by atoms with Crippen molar-refractivity contribution in [2.45, 2.75) is 31.7 Å². The molecular weight excluding hydrogens is 186 g/mol. The third-order valence-corrected chi connectivity index (χ3v) is 3.80. The third-order valence-electron chi connectivity index (χ3n) is 3.80. The van der Waals surface area contributed by atoms with E-state index in [4.69, 9.17) is 0 Å². The van der Waals surface area contributed by atoms with Crippen molar-refractivity contribution >= 4 is 0 Å². The van der Waals surface area contributed by atoms with E-state index in [1.165, 1.54) is 65.0 Å². The summed E-state index contributed by atoms with van der Waals surface area (Å²) in [6, 6.07) is 0.859. The van der Waals surface area contributed by atoms with Gasteiger partial charge in [-0.05, 0) is 39.4 Å². The van der Waals surface area contributed by atoms with Crippen molar-refractivity contribution in [1.82, 2.24) is 15.1 Å². The highest BCUT2D eigenvalue weighted by atomic mass is 15.2. The van der Waals surface area contributed by atoms with E-state index in [0.29, 0.717) is 0 Å². The van der Waals surface area contributed by atoms with Gasteiger partial charge < -0.3 is 15.1 Å². The van der Waals surface area contributed by atoms with Gasteiger partial charge in [-0.2, -0.15) is 0 Å². The molecule has 15 heavy (non-hydrogen) atoms. The highest BCUT2D eigenvalue weighted by Gasteiger charge is 2.16. The predicted molar refractivity (Wildman–Crippen MR) is 64.2 cm³/mol. The van der Waals surface area contributed by atoms with E-state index in [1.54, 1.807) is 0 Å². The molecular formula is C12H25N3. The number of rotatable bonds is 5. The maximum Gasteiger partial charge on any atom is 0.0110 e. The Morgan fingerprint density at radius 2 is 1.87 bits per heavy atom. The molecule has 0 bridgehead atoms. The second-order valence-electron chi connectivity index (χ2n) is 5.08. The smallest absolute Gasteiger partial charge is 0.0110 e. The normalized spacial score (nSPS) is 29.0. The predicted octanol–water partition coefficient (Wildman–Crippen LogP) is 0.766. The second kappa shape index (κ2) is 5.83. The Kier molecular flexibility index (Phi) is 4.42. The number of piperazine rings is 1. The van der Waals surface area contributed by atoms with Crippen LogP contribution < -0.4 is 5.32 Å². The molecule has 0 aromatic rings. The van der Waals surface area contributed by atoms with Crippen molar-refractivity contribution in [3.05, 3.63) is 0 Å². The highest BCUT2D eigenvalue weighted by Crippen LogP contribution is 2.11. The Hall–Kier alpha value is -0.120. The van der Waals surface area contributed by atoms with Gasteiger partial charge >= 0.3 is 0 Å². The Balaban J connectivity index is 1.46. The molecule has 88 valence electrons. The Morgan fingerprint density at radius 1 is 1.13 bits per heavy atom. The number of unbranched alkanes of at least 4 members (excludes halogenated alkanes) is 1. The van der Waals surface area contributed by atoms with Crippen LogP contribution in [0.5, 0.6) is 0 Å². The van der Waals surface area contributed by atoms with Gasteiger partial charge in [0.1, 0.15) is 0 Å². The van der Waals surface area contributed by atoms with Gasteiger partial charge in [0.2, 0.25) is 0 Å². The van der Waals surface area contributed by atoms with E-state index in [9.17, 15) is 0 Å². The summed E-state index contributed by atoms with van der Waals surface area (Å²) < 4.78 is 0. The Morgan fingerprint density at radius 3 is 2.47 bits per heavy atom. The van der Waals surface area contributed by atoms with Crippen LogP contribution in [0.25, 0.3) is 0 Å². The van der Waals surface area contributed by atoms with Crippen LogP contribution >= 0.6 is 0 Å². The summed E-state index contributed by atoms with van der Waals surface area (Å²) in [5.41, 5.74) is 0. The lowest BCUT2D eigenvalue weighted by Crippen LogP contribution is -2.45. The fourth-order valence-corrected chi connectivity index (χ4v) is 2.39. The first-order valence-electron chi connectivity index (χ1n) is 6.49. The summed E-state index contributed by atoms with van der Waals surface area (Å²) in [6.07, 6.45) is 5.61. The van der Waals surface area contributed by atoms with Gasteiger partial charge in [0.25, 0.3) is 0 Å². The van der Waals surface area contributed by atoms with Gasteiger partial charge in [0, 0.05) is 32.2 Å². The van der Waals surface area contributed by atoms with Crippen LogP contribution in [0.2, 0.25) is 0 Å². The van der Waals surface area contributed by atoms with Crippen molar-refractivity contribution in [3.63, 3.8) is 0 Å². The zero-order chi connectivity index (χ0) is 10.5. The molecule has 2 aliphatic heterocycles. The molecule has 3 nitrogen and oxygen atoms in total. The lowest BCUT2D eigenvalue weighted by atomic mass is 10.0. The summed E-state index contributed by atoms with van der Waals surface area (Å²) >= 11 is 0. The van der Waals surface area contributed by atoms with E-state index in [0.717, 1.165) is 6.04 Å². The first-order chi connectivity index (χ1) is 7.34. The minimum atomic E-state index is 0.859. The molecule has 2 rings (SSSR count). The Bertz CT molecular complexity index is 172. The van der Waals surface area contributed by atoms with Crippen molar-refractivity contribution in [1.29, 1.82) is 0 Å². The van der Waals surface area contributed by atoms with E-state index < -0.39 is 0 Å². The third kappa shape index (κ3) is 3.74. The summed E-state index contributed by atoms with van der Waals surface area (Å²) in [7, 11) is 2.22. The van der Waals surface area contributed by atoms with Gasteiger partial charge in [-0.15, -0.1) is 0 Å². The first kappa shape index (κ1) is 11.4. The summed E-state index contributed by atoms with van der Waals surface area (Å²) in [5, 5.41) is 3.47. The topological polar surface area (TPSA) is 18.5 Å². The maximum atomic E-state index is 3.47. The van der Waals surface area contributed by atoms with Gasteiger partial charge in [0.05, 0.1) is 0 Å². The van der Waals surface area contributed by atoms with Gasteiger partial charge in [-0.25, -0.2) is 0 Å². The minimum Gasteiger partial charge on any atom is -0.314 e. The summed E-state index contributed by atoms with van der Waals surface area (Å²) in [5.74, 6) is 0. The van der Waals surface area contributed by atoms with Gasteiger partial charge in [-0.1, -0.05) is 6.42 Å². The SMILES string of the molecule is CN1CCN(CCCCC2CCN2)CC1. The highest BCUT2D eigenvalue weighted by molar-refractivity contribution is 4.77. The summed E-state index contributed by atoms with van der Waals surface area (Å²) in [6.45, 7) is 7.63. The van der Waals surface area contributed by atoms with Gasteiger partial charge in [-0.3, -0.25) is 0 Å². The zero-order valence-electron chi connectivity index (χ0n) is 10.0. The average molecular weight is 211 g/mol. The molecule has 2 fully saturated rings. The van der Waals surface area contributed by atoms with Gasteiger partial charge in [0.15, 0.2) is 0 Å². The van der Waals surface area contributed by atoms with Crippen molar-refractivity contribution in [2.75, 3.05) is 46.3 Å². The number of likely N-dealkylation sites (N-methyl/N-ethyl adjacent to an activating group) is 1. The van der Waals surface area contributed by atoms with E-state index in [-0.39, 0.29) is 0 Å². The molecule has 2 saturated heterocycles. The van der Waals surface area contributed by atoms with Crippen molar-refractivity contribution in [2.24, 2.45) is 0 Å². The largest absolute Gasteiger partial charge is 0.314 e. The molecule has 0 saturated carbocycles. The lowest BCUT2D eigenvalue weighted by Gasteiger charge is -2.32. The quantitative estimate of drug-likeness (QED) is 0.678. The fraction of sp³-hybridized carbons (Fsp3) is 1.00. The molecule has 3 heteroatoms. The van der Waals surface area contributed by atoms with Crippen LogP contribution in [0.15, 0.2) is 0 Å².